The lowest BCUT2D eigenvalue weighted by Gasteiger charge is -2.19. The zero-order valence-corrected chi connectivity index (χ0v) is 10.5. The number of nitrogens with zero attached hydrogens (tertiary/aromatic N) is 1. The fourth-order valence-electron chi connectivity index (χ4n) is 1.50. The molecule has 0 bridgehead atoms. The van der Waals surface area contributed by atoms with Gasteiger partial charge < -0.3 is 4.74 Å². The van der Waals surface area contributed by atoms with Gasteiger partial charge in [-0.2, -0.15) is 0 Å². The number of aromatic nitrogens is 1. The molecule has 88 valence electrons. The van der Waals surface area contributed by atoms with Gasteiger partial charge in [0.25, 0.3) is 0 Å². The Balaban J connectivity index is 2.82. The van der Waals surface area contributed by atoms with E-state index in [1.807, 2.05) is 19.9 Å². The summed E-state index contributed by atoms with van der Waals surface area (Å²) in [5.74, 6) is -0.378. The maximum Gasteiger partial charge on any atom is 0.309 e. The normalized spacial score (nSPS) is 14.2. The Labute approximate surface area is 101 Å². The second kappa shape index (κ2) is 5.85. The highest BCUT2D eigenvalue weighted by molar-refractivity contribution is 6.31. The summed E-state index contributed by atoms with van der Waals surface area (Å²) in [5.41, 5.74) is 0.928. The van der Waals surface area contributed by atoms with E-state index in [1.54, 1.807) is 19.3 Å². The molecule has 0 aromatic carbocycles. The van der Waals surface area contributed by atoms with Crippen molar-refractivity contribution < 1.29 is 9.53 Å². The molecule has 1 aromatic rings. The molecule has 2 atom stereocenters. The minimum Gasteiger partial charge on any atom is -0.466 e. The van der Waals surface area contributed by atoms with E-state index < -0.39 is 0 Å². The van der Waals surface area contributed by atoms with Crippen molar-refractivity contribution >= 4 is 17.6 Å². The third-order valence-electron chi connectivity index (χ3n) is 2.70. The van der Waals surface area contributed by atoms with E-state index in [1.165, 1.54) is 0 Å². The smallest absolute Gasteiger partial charge is 0.309 e. The molecule has 0 amide bonds. The van der Waals surface area contributed by atoms with Gasteiger partial charge in [-0.15, -0.1) is 0 Å². The van der Waals surface area contributed by atoms with Gasteiger partial charge in [0.05, 0.1) is 17.5 Å². The van der Waals surface area contributed by atoms with Crippen molar-refractivity contribution in [3.05, 3.63) is 29.0 Å². The van der Waals surface area contributed by atoms with Gasteiger partial charge in [-0.05, 0) is 24.5 Å². The zero-order chi connectivity index (χ0) is 12.1. The van der Waals surface area contributed by atoms with E-state index in [-0.39, 0.29) is 17.8 Å². The highest BCUT2D eigenvalue weighted by Gasteiger charge is 2.24. The first-order valence-electron chi connectivity index (χ1n) is 5.34. The molecule has 1 rings (SSSR count). The van der Waals surface area contributed by atoms with Gasteiger partial charge in [0.2, 0.25) is 0 Å². The highest BCUT2D eigenvalue weighted by Crippen LogP contribution is 2.29. The Morgan fingerprint density at radius 1 is 1.56 bits per heavy atom. The minimum atomic E-state index is -0.208. The van der Waals surface area contributed by atoms with E-state index in [0.29, 0.717) is 11.6 Å². The van der Waals surface area contributed by atoms with Crippen molar-refractivity contribution in [2.24, 2.45) is 5.92 Å². The summed E-state index contributed by atoms with van der Waals surface area (Å²) in [7, 11) is 0. The summed E-state index contributed by atoms with van der Waals surface area (Å²) >= 11 is 6.03. The average Bonchev–Trinajstić information content (AvgIpc) is 2.28. The number of esters is 1. The monoisotopic (exact) mass is 241 g/mol. The summed E-state index contributed by atoms with van der Waals surface area (Å²) in [6.45, 7) is 6.01. The second-order valence-electron chi connectivity index (χ2n) is 3.73. The van der Waals surface area contributed by atoms with E-state index in [2.05, 4.69) is 4.98 Å². The predicted octanol–water partition coefficient (Wildman–Crippen LogP) is 3.04. The third-order valence-corrected chi connectivity index (χ3v) is 3.02. The number of hydrogen-bond donors (Lipinski definition) is 0. The van der Waals surface area contributed by atoms with E-state index >= 15 is 0 Å². The van der Waals surface area contributed by atoms with Crippen molar-refractivity contribution in [3.8, 4) is 0 Å². The number of halogens is 1. The van der Waals surface area contributed by atoms with Crippen LogP contribution in [0.25, 0.3) is 0 Å². The first-order chi connectivity index (χ1) is 7.57. The largest absolute Gasteiger partial charge is 0.466 e. The lowest BCUT2D eigenvalue weighted by molar-refractivity contribution is -0.148. The summed E-state index contributed by atoms with van der Waals surface area (Å²) in [6.07, 6.45) is 3.26. The quantitative estimate of drug-likeness (QED) is 0.761. The summed E-state index contributed by atoms with van der Waals surface area (Å²) in [5, 5.41) is 0.589. The van der Waals surface area contributed by atoms with Crippen LogP contribution in [0, 0.1) is 5.92 Å². The number of pyridine rings is 1. The van der Waals surface area contributed by atoms with Crippen LogP contribution < -0.4 is 0 Å². The Bertz CT molecular complexity index is 368. The molecule has 2 unspecified atom stereocenters. The first-order valence-corrected chi connectivity index (χ1v) is 5.71. The molecule has 0 radical (unpaired) electrons. The van der Waals surface area contributed by atoms with Gasteiger partial charge >= 0.3 is 5.97 Å². The standard InChI is InChI=1S/C12H16ClNO2/c1-4-16-12(15)9(3)8(2)10-5-6-14-7-11(10)13/h5-9H,4H2,1-3H3. The van der Waals surface area contributed by atoms with Crippen LogP contribution in [0.4, 0.5) is 0 Å². The molecule has 0 aliphatic rings. The number of carbonyl (C=O) groups excluding carboxylic acids is 1. The third kappa shape index (κ3) is 2.95. The minimum absolute atomic E-state index is 0.0227. The molecular formula is C12H16ClNO2. The predicted molar refractivity (Wildman–Crippen MR) is 63.5 cm³/mol. The SMILES string of the molecule is CCOC(=O)C(C)C(C)c1ccncc1Cl. The van der Waals surface area contributed by atoms with Crippen molar-refractivity contribution in [2.45, 2.75) is 26.7 Å². The van der Waals surface area contributed by atoms with E-state index in [9.17, 15) is 4.79 Å². The molecule has 1 heterocycles. The van der Waals surface area contributed by atoms with Crippen LogP contribution in [0.5, 0.6) is 0 Å². The van der Waals surface area contributed by atoms with Gasteiger partial charge in [0, 0.05) is 12.4 Å². The first kappa shape index (κ1) is 13.0. The molecule has 0 N–H and O–H groups in total. The fraction of sp³-hybridized carbons (Fsp3) is 0.500. The average molecular weight is 242 g/mol. The Morgan fingerprint density at radius 2 is 2.25 bits per heavy atom. The molecular weight excluding hydrogens is 226 g/mol. The van der Waals surface area contributed by atoms with Crippen LogP contribution in [0.2, 0.25) is 5.02 Å². The van der Waals surface area contributed by atoms with Crippen molar-refractivity contribution in [1.82, 2.24) is 4.98 Å². The maximum atomic E-state index is 11.6. The van der Waals surface area contributed by atoms with Crippen LogP contribution >= 0.6 is 11.6 Å². The number of carbonyl (C=O) groups is 1. The topological polar surface area (TPSA) is 39.2 Å². The Kier molecular flexibility index (Phi) is 4.74. The molecule has 0 saturated carbocycles. The lowest BCUT2D eigenvalue weighted by Crippen LogP contribution is -2.20. The molecule has 16 heavy (non-hydrogen) atoms. The summed E-state index contributed by atoms with van der Waals surface area (Å²) < 4.78 is 4.99. The van der Waals surface area contributed by atoms with Crippen molar-refractivity contribution in [2.75, 3.05) is 6.61 Å². The van der Waals surface area contributed by atoms with Crippen LogP contribution in [0.1, 0.15) is 32.3 Å². The van der Waals surface area contributed by atoms with Gasteiger partial charge in [-0.1, -0.05) is 25.4 Å². The van der Waals surface area contributed by atoms with Crippen LogP contribution in [0.3, 0.4) is 0 Å². The van der Waals surface area contributed by atoms with Gasteiger partial charge in [-0.3, -0.25) is 9.78 Å². The van der Waals surface area contributed by atoms with Crippen LogP contribution in [-0.2, 0) is 9.53 Å². The molecule has 4 heteroatoms. The number of rotatable bonds is 4. The van der Waals surface area contributed by atoms with E-state index in [0.717, 1.165) is 5.56 Å². The lowest BCUT2D eigenvalue weighted by atomic mass is 9.89. The Hall–Kier alpha value is -1.09. The van der Waals surface area contributed by atoms with Gasteiger partial charge in [0.15, 0.2) is 0 Å². The second-order valence-corrected chi connectivity index (χ2v) is 4.13. The molecule has 0 aliphatic carbocycles. The molecule has 0 fully saturated rings. The fourth-order valence-corrected chi connectivity index (χ4v) is 1.79. The number of ether oxygens (including phenoxy) is 1. The van der Waals surface area contributed by atoms with Crippen molar-refractivity contribution in [3.63, 3.8) is 0 Å². The van der Waals surface area contributed by atoms with Crippen molar-refractivity contribution in [1.29, 1.82) is 0 Å². The maximum absolute atomic E-state index is 11.6. The number of hydrogen-bond acceptors (Lipinski definition) is 3. The van der Waals surface area contributed by atoms with Gasteiger partial charge in [-0.25, -0.2) is 0 Å². The Morgan fingerprint density at radius 3 is 2.81 bits per heavy atom. The van der Waals surface area contributed by atoms with Gasteiger partial charge in [0.1, 0.15) is 0 Å². The molecule has 3 nitrogen and oxygen atoms in total. The molecule has 1 aromatic heterocycles. The molecule has 0 spiro atoms. The molecule has 0 saturated heterocycles. The van der Waals surface area contributed by atoms with E-state index in [4.69, 9.17) is 16.3 Å². The highest BCUT2D eigenvalue weighted by atomic mass is 35.5. The summed E-state index contributed by atoms with van der Waals surface area (Å²) in [4.78, 5) is 15.5. The van der Waals surface area contributed by atoms with Crippen LogP contribution in [0.15, 0.2) is 18.5 Å². The van der Waals surface area contributed by atoms with Crippen LogP contribution in [-0.4, -0.2) is 17.6 Å². The zero-order valence-electron chi connectivity index (χ0n) is 9.74. The summed E-state index contributed by atoms with van der Waals surface area (Å²) in [6, 6.07) is 1.84. The molecule has 0 aliphatic heterocycles.